The predicted molar refractivity (Wildman–Crippen MR) is 134 cm³/mol. The summed E-state index contributed by atoms with van der Waals surface area (Å²) in [4.78, 5) is 17.6. The number of nitrogens with one attached hydrogen (secondary N) is 1. The summed E-state index contributed by atoms with van der Waals surface area (Å²) in [7, 11) is 0. The zero-order valence-electron chi connectivity index (χ0n) is 19.7. The fourth-order valence-electron chi connectivity index (χ4n) is 6.80. The van der Waals surface area contributed by atoms with Crippen molar-refractivity contribution in [2.45, 2.75) is 57.1 Å². The van der Waals surface area contributed by atoms with E-state index in [1.165, 1.54) is 23.3 Å². The highest BCUT2D eigenvalue weighted by molar-refractivity contribution is 5.95. The summed E-state index contributed by atoms with van der Waals surface area (Å²) < 4.78 is 15.4. The Kier molecular flexibility index (Phi) is 5.18. The van der Waals surface area contributed by atoms with E-state index in [-0.39, 0.29) is 23.2 Å². The van der Waals surface area contributed by atoms with Crippen LogP contribution in [0.4, 0.5) is 10.1 Å². The van der Waals surface area contributed by atoms with Crippen molar-refractivity contribution in [3.8, 4) is 11.3 Å². The number of halogens is 1. The van der Waals surface area contributed by atoms with Crippen molar-refractivity contribution in [2.24, 2.45) is 10.8 Å². The van der Waals surface area contributed by atoms with Crippen LogP contribution in [0.25, 0.3) is 17.3 Å². The number of anilines is 1. The van der Waals surface area contributed by atoms with Gasteiger partial charge in [0.15, 0.2) is 0 Å². The standard InChI is InChI=1S/C29H30FN3O2/c1-2-19-4-3-5-22-24-17-31-18-33(24)23(26(19)22)16-25(34)28-10-13-29(14-11-28,15-12-28)27(35)32-21-8-6-20(30)7-9-21/h2-9,17-18,23,25,34H,1,10-16H2,(H,32,35). The number of hydrogen-bond donors (Lipinski definition) is 2. The maximum absolute atomic E-state index is 13.2. The number of carbonyl (C=O) groups excluding carboxylic acids is 1. The molecule has 3 saturated carbocycles. The van der Waals surface area contributed by atoms with Crippen LogP contribution in [-0.4, -0.2) is 26.7 Å². The first-order valence-corrected chi connectivity index (χ1v) is 12.5. The second-order valence-electron chi connectivity index (χ2n) is 10.6. The first-order valence-electron chi connectivity index (χ1n) is 12.5. The maximum atomic E-state index is 13.2. The molecule has 0 saturated heterocycles. The van der Waals surface area contributed by atoms with E-state index in [1.54, 1.807) is 12.1 Å². The molecule has 2 bridgehead atoms. The molecule has 7 rings (SSSR count). The number of carbonyl (C=O) groups is 1. The van der Waals surface area contributed by atoms with Crippen molar-refractivity contribution in [2.75, 3.05) is 5.32 Å². The van der Waals surface area contributed by atoms with Crippen LogP contribution in [0.5, 0.6) is 0 Å². The summed E-state index contributed by atoms with van der Waals surface area (Å²) in [5.74, 6) is -0.293. The zero-order chi connectivity index (χ0) is 24.2. The molecular weight excluding hydrogens is 441 g/mol. The van der Waals surface area contributed by atoms with Crippen LogP contribution >= 0.6 is 0 Å². The summed E-state index contributed by atoms with van der Waals surface area (Å²) in [6, 6.07) is 12.2. The van der Waals surface area contributed by atoms with E-state index >= 15 is 0 Å². The molecule has 3 aliphatic carbocycles. The van der Waals surface area contributed by atoms with Crippen LogP contribution in [0.2, 0.25) is 0 Å². The van der Waals surface area contributed by atoms with Crippen molar-refractivity contribution in [3.05, 3.63) is 78.5 Å². The van der Waals surface area contributed by atoms with E-state index in [4.69, 9.17) is 0 Å². The lowest BCUT2D eigenvalue weighted by molar-refractivity contribution is -0.142. The summed E-state index contributed by atoms with van der Waals surface area (Å²) in [6.45, 7) is 4.01. The molecule has 2 N–H and O–H groups in total. The van der Waals surface area contributed by atoms with Crippen LogP contribution in [0, 0.1) is 16.6 Å². The second-order valence-corrected chi connectivity index (χ2v) is 10.6. The summed E-state index contributed by atoms with van der Waals surface area (Å²) in [5, 5.41) is 14.6. The molecule has 0 spiro atoms. The molecule has 2 unspecified atom stereocenters. The number of rotatable bonds is 6. The van der Waals surface area contributed by atoms with Gasteiger partial charge in [0.25, 0.3) is 0 Å². The lowest BCUT2D eigenvalue weighted by Crippen LogP contribution is -2.52. The first-order chi connectivity index (χ1) is 16.9. The number of nitrogens with zero attached hydrogens (tertiary/aromatic N) is 2. The maximum Gasteiger partial charge on any atom is 0.230 e. The summed E-state index contributed by atoms with van der Waals surface area (Å²) >= 11 is 0. The minimum atomic E-state index is -0.468. The Labute approximate surface area is 204 Å². The highest BCUT2D eigenvalue weighted by Crippen LogP contribution is 2.60. The third kappa shape index (κ3) is 3.46. The molecule has 2 aromatic carbocycles. The fraction of sp³-hybridized carbons (Fsp3) is 0.379. The van der Waals surface area contributed by atoms with Crippen LogP contribution < -0.4 is 5.32 Å². The van der Waals surface area contributed by atoms with Gasteiger partial charge in [-0.25, -0.2) is 9.37 Å². The third-order valence-electron chi connectivity index (χ3n) is 9.01. The Morgan fingerprint density at radius 1 is 1.17 bits per heavy atom. The molecule has 2 heterocycles. The highest BCUT2D eigenvalue weighted by Gasteiger charge is 2.55. The van der Waals surface area contributed by atoms with Crippen LogP contribution in [0.15, 0.2) is 61.6 Å². The van der Waals surface area contributed by atoms with Gasteiger partial charge in [0, 0.05) is 16.7 Å². The topological polar surface area (TPSA) is 67.2 Å². The fourth-order valence-corrected chi connectivity index (χ4v) is 6.80. The predicted octanol–water partition coefficient (Wildman–Crippen LogP) is 5.97. The molecule has 5 nitrogen and oxygen atoms in total. The van der Waals surface area contributed by atoms with Gasteiger partial charge in [0.1, 0.15) is 5.82 Å². The van der Waals surface area contributed by atoms with Gasteiger partial charge in [-0.1, -0.05) is 30.9 Å². The molecule has 1 amide bonds. The molecule has 6 heteroatoms. The van der Waals surface area contributed by atoms with Gasteiger partial charge in [0.05, 0.1) is 30.4 Å². The number of aliphatic hydroxyl groups is 1. The van der Waals surface area contributed by atoms with E-state index in [1.807, 2.05) is 24.7 Å². The number of hydrogen-bond acceptors (Lipinski definition) is 3. The van der Waals surface area contributed by atoms with Gasteiger partial charge in [0.2, 0.25) is 5.91 Å². The number of benzene rings is 2. The Balaban J connectivity index is 1.19. The lowest BCUT2D eigenvalue weighted by Gasteiger charge is -2.54. The third-order valence-corrected chi connectivity index (χ3v) is 9.01. The smallest absolute Gasteiger partial charge is 0.230 e. The first kappa shape index (κ1) is 22.2. The molecule has 0 radical (unpaired) electrons. The number of imidazole rings is 1. The average molecular weight is 472 g/mol. The number of amides is 1. The molecular formula is C29H30FN3O2. The van der Waals surface area contributed by atoms with Gasteiger partial charge in [-0.3, -0.25) is 4.79 Å². The normalized spacial score (nSPS) is 27.2. The Hall–Kier alpha value is -3.25. The highest BCUT2D eigenvalue weighted by atomic mass is 19.1. The quantitative estimate of drug-likeness (QED) is 0.466. The van der Waals surface area contributed by atoms with E-state index in [0.29, 0.717) is 12.1 Å². The van der Waals surface area contributed by atoms with E-state index in [9.17, 15) is 14.3 Å². The number of aliphatic hydroxyl groups excluding tert-OH is 1. The van der Waals surface area contributed by atoms with Gasteiger partial charge >= 0.3 is 0 Å². The van der Waals surface area contributed by atoms with E-state index < -0.39 is 11.5 Å². The summed E-state index contributed by atoms with van der Waals surface area (Å²) in [6.07, 6.45) is 10.6. The van der Waals surface area contributed by atoms with Crippen LogP contribution in [-0.2, 0) is 4.79 Å². The SMILES string of the molecule is C=Cc1cccc2c1C(CC(O)C13CCC(C(=O)Nc4ccc(F)cc4)(CC1)CC3)n1cncc1-2. The molecule has 35 heavy (non-hydrogen) atoms. The molecule has 1 aromatic heterocycles. The van der Waals surface area contributed by atoms with Crippen molar-refractivity contribution in [1.29, 1.82) is 0 Å². The van der Waals surface area contributed by atoms with E-state index in [0.717, 1.165) is 49.8 Å². The van der Waals surface area contributed by atoms with Gasteiger partial charge < -0.3 is 15.0 Å². The summed E-state index contributed by atoms with van der Waals surface area (Å²) in [5.41, 5.74) is 4.64. The molecule has 3 aromatic rings. The molecule has 2 atom stereocenters. The second kappa shape index (κ2) is 8.16. The Morgan fingerprint density at radius 3 is 2.57 bits per heavy atom. The van der Waals surface area contributed by atoms with Gasteiger partial charge in [-0.05, 0) is 85.8 Å². The lowest BCUT2D eigenvalue weighted by atomic mass is 9.51. The minimum Gasteiger partial charge on any atom is -0.392 e. The molecule has 4 aliphatic rings. The van der Waals surface area contributed by atoms with Crippen molar-refractivity contribution in [3.63, 3.8) is 0 Å². The zero-order valence-corrected chi connectivity index (χ0v) is 19.7. The largest absolute Gasteiger partial charge is 0.392 e. The Bertz CT molecular complexity index is 1270. The van der Waals surface area contributed by atoms with Gasteiger partial charge in [-0.15, -0.1) is 0 Å². The van der Waals surface area contributed by atoms with E-state index in [2.05, 4.69) is 33.6 Å². The van der Waals surface area contributed by atoms with Crippen LogP contribution in [0.1, 0.15) is 62.1 Å². The Morgan fingerprint density at radius 2 is 1.89 bits per heavy atom. The monoisotopic (exact) mass is 471 g/mol. The molecule has 1 aliphatic heterocycles. The number of fused-ring (bicyclic) bond motifs is 6. The van der Waals surface area contributed by atoms with Crippen LogP contribution in [0.3, 0.4) is 0 Å². The number of aromatic nitrogens is 2. The average Bonchev–Trinajstić information content (AvgIpc) is 3.49. The minimum absolute atomic E-state index is 0.0234. The molecule has 3 fully saturated rings. The van der Waals surface area contributed by atoms with Crippen molar-refractivity contribution >= 4 is 17.7 Å². The molecule has 180 valence electrons. The van der Waals surface area contributed by atoms with Gasteiger partial charge in [-0.2, -0.15) is 0 Å². The van der Waals surface area contributed by atoms with Crippen molar-refractivity contribution < 1.29 is 14.3 Å². The van der Waals surface area contributed by atoms with Crippen molar-refractivity contribution in [1.82, 2.24) is 9.55 Å².